The van der Waals surface area contributed by atoms with Crippen LogP contribution in [-0.4, -0.2) is 35.9 Å². The molecule has 0 saturated carbocycles. The summed E-state index contributed by atoms with van der Waals surface area (Å²) in [6.45, 7) is 0. The molecule has 2 heterocycles. The van der Waals surface area contributed by atoms with Crippen molar-refractivity contribution in [2.24, 2.45) is 0 Å². The average Bonchev–Trinajstić information content (AvgIpc) is 3.36. The highest BCUT2D eigenvalue weighted by atomic mass is 19.4. The number of anilines is 1. The molecular weight excluding hydrogens is 401 g/mol. The van der Waals surface area contributed by atoms with E-state index in [0.29, 0.717) is 27.9 Å². The number of carboxylic acid groups (broad SMARTS) is 1. The largest absolute Gasteiger partial charge is 0.478 e. The number of nitrogens with two attached hydrogens (primary N) is 1. The summed E-state index contributed by atoms with van der Waals surface area (Å²) >= 11 is 0. The topological polar surface area (TPSA) is 112 Å². The lowest BCUT2D eigenvalue weighted by atomic mass is 10.1. The van der Waals surface area contributed by atoms with Gasteiger partial charge in [-0.3, -0.25) is 0 Å². The van der Waals surface area contributed by atoms with Crippen molar-refractivity contribution in [2.75, 3.05) is 5.73 Å². The summed E-state index contributed by atoms with van der Waals surface area (Å²) in [5, 5.41) is 20.7. The molecule has 2 aromatic heterocycles. The average molecular weight is 414 g/mol. The van der Waals surface area contributed by atoms with Gasteiger partial charge in [-0.05, 0) is 36.4 Å². The van der Waals surface area contributed by atoms with Gasteiger partial charge in [0, 0.05) is 11.3 Å². The number of alkyl halides is 3. The van der Waals surface area contributed by atoms with E-state index in [4.69, 9.17) is 10.8 Å². The zero-order chi connectivity index (χ0) is 21.5. The van der Waals surface area contributed by atoms with Crippen LogP contribution in [0.25, 0.3) is 22.6 Å². The van der Waals surface area contributed by atoms with Gasteiger partial charge in [-0.2, -0.15) is 18.3 Å². The Morgan fingerprint density at radius 1 is 1.00 bits per heavy atom. The fourth-order valence-corrected chi connectivity index (χ4v) is 2.90. The summed E-state index contributed by atoms with van der Waals surface area (Å²) in [5.74, 6) is -1.71. The minimum atomic E-state index is -4.89. The van der Waals surface area contributed by atoms with Crippen LogP contribution in [0.15, 0.2) is 60.9 Å². The third kappa shape index (κ3) is 3.48. The number of aromatic nitrogens is 5. The molecule has 0 aliphatic carbocycles. The van der Waals surface area contributed by atoms with Crippen molar-refractivity contribution in [1.29, 1.82) is 0 Å². The van der Waals surface area contributed by atoms with E-state index in [9.17, 15) is 18.0 Å². The number of carbonyl (C=O) groups is 1. The minimum Gasteiger partial charge on any atom is -0.478 e. The molecule has 152 valence electrons. The molecule has 0 aliphatic rings. The lowest BCUT2D eigenvalue weighted by Gasteiger charge is -2.12. The van der Waals surface area contributed by atoms with Crippen LogP contribution in [0.3, 0.4) is 0 Å². The molecule has 0 radical (unpaired) electrons. The van der Waals surface area contributed by atoms with Crippen molar-refractivity contribution in [3.63, 3.8) is 0 Å². The number of rotatable bonds is 4. The van der Waals surface area contributed by atoms with Crippen LogP contribution in [0.1, 0.15) is 16.1 Å². The second-order valence-electron chi connectivity index (χ2n) is 6.31. The predicted octanol–water partition coefficient (Wildman–Crippen LogP) is 3.42. The summed E-state index contributed by atoms with van der Waals surface area (Å²) < 4.78 is 42.1. The van der Waals surface area contributed by atoms with Crippen LogP contribution >= 0.6 is 0 Å². The normalized spacial score (nSPS) is 11.6. The lowest BCUT2D eigenvalue weighted by molar-refractivity contribution is -0.143. The molecule has 0 fully saturated rings. The zero-order valence-electron chi connectivity index (χ0n) is 15.1. The van der Waals surface area contributed by atoms with Gasteiger partial charge in [0.25, 0.3) is 0 Å². The van der Waals surface area contributed by atoms with E-state index >= 15 is 0 Å². The highest BCUT2D eigenvalue weighted by molar-refractivity contribution is 5.89. The Bertz CT molecular complexity index is 1210. The highest BCUT2D eigenvalue weighted by Gasteiger charge is 2.40. The minimum absolute atomic E-state index is 0.0532. The molecule has 0 aliphatic heterocycles. The van der Waals surface area contributed by atoms with E-state index in [0.717, 1.165) is 5.56 Å². The fraction of sp³-hybridized carbons (Fsp3) is 0.0526. The van der Waals surface area contributed by atoms with Gasteiger partial charge >= 0.3 is 12.1 Å². The Labute approximate surface area is 167 Å². The quantitative estimate of drug-likeness (QED) is 0.495. The first-order chi connectivity index (χ1) is 14.2. The highest BCUT2D eigenvalue weighted by Crippen LogP contribution is 2.33. The first-order valence-electron chi connectivity index (χ1n) is 8.51. The maximum Gasteiger partial charge on any atom is 0.434 e. The van der Waals surface area contributed by atoms with Crippen LogP contribution in [0.4, 0.5) is 18.9 Å². The standard InChI is InChI=1S/C19H13F3N6O2/c20-19(21,22)17-15(18(29)30)9-24-28(17)14-7-5-13(6-8-14)27-10-16(25-26-27)11-1-3-12(23)4-2-11/h1-10H,23H2,(H,29,30). The molecule has 11 heteroatoms. The van der Waals surface area contributed by atoms with Crippen LogP contribution in [0.5, 0.6) is 0 Å². The summed E-state index contributed by atoms with van der Waals surface area (Å²) in [6, 6.07) is 12.9. The van der Waals surface area contributed by atoms with Crippen LogP contribution < -0.4 is 5.73 Å². The molecule has 0 spiro atoms. The van der Waals surface area contributed by atoms with E-state index in [1.807, 2.05) is 0 Å². The maximum absolute atomic E-state index is 13.4. The van der Waals surface area contributed by atoms with Gasteiger partial charge in [0.15, 0.2) is 5.69 Å². The van der Waals surface area contributed by atoms with Crippen molar-refractivity contribution >= 4 is 11.7 Å². The monoisotopic (exact) mass is 414 g/mol. The number of nitrogen functional groups attached to an aromatic ring is 1. The van der Waals surface area contributed by atoms with Gasteiger partial charge < -0.3 is 10.8 Å². The van der Waals surface area contributed by atoms with Gasteiger partial charge in [-0.1, -0.05) is 17.3 Å². The second-order valence-corrected chi connectivity index (χ2v) is 6.31. The van der Waals surface area contributed by atoms with Gasteiger partial charge in [-0.15, -0.1) is 5.10 Å². The SMILES string of the molecule is Nc1ccc(-c2cn(-c3ccc(-n4ncc(C(=O)O)c4C(F)(F)F)cc3)nn2)cc1. The van der Waals surface area contributed by atoms with Gasteiger partial charge in [0.05, 0.1) is 23.8 Å². The Morgan fingerprint density at radius 3 is 2.23 bits per heavy atom. The van der Waals surface area contributed by atoms with E-state index < -0.39 is 23.4 Å². The predicted molar refractivity (Wildman–Crippen MR) is 100 cm³/mol. The molecule has 4 aromatic rings. The van der Waals surface area contributed by atoms with Gasteiger partial charge in [0.2, 0.25) is 0 Å². The van der Waals surface area contributed by atoms with E-state index in [1.165, 1.54) is 28.9 Å². The van der Waals surface area contributed by atoms with E-state index in [-0.39, 0.29) is 5.69 Å². The first kappa shape index (κ1) is 19.2. The van der Waals surface area contributed by atoms with Crippen molar-refractivity contribution < 1.29 is 23.1 Å². The molecule has 2 aromatic carbocycles. The Kier molecular flexibility index (Phi) is 4.49. The van der Waals surface area contributed by atoms with Crippen molar-refractivity contribution in [3.05, 3.63) is 72.2 Å². The van der Waals surface area contributed by atoms with E-state index in [1.54, 1.807) is 30.5 Å². The first-order valence-corrected chi connectivity index (χ1v) is 8.51. The molecule has 4 rings (SSSR count). The Balaban J connectivity index is 1.66. The fourth-order valence-electron chi connectivity index (χ4n) is 2.90. The van der Waals surface area contributed by atoms with Crippen LogP contribution in [0.2, 0.25) is 0 Å². The van der Waals surface area contributed by atoms with Crippen LogP contribution in [0, 0.1) is 0 Å². The molecule has 0 saturated heterocycles. The van der Waals surface area contributed by atoms with E-state index in [2.05, 4.69) is 15.4 Å². The van der Waals surface area contributed by atoms with Gasteiger partial charge in [-0.25, -0.2) is 14.2 Å². The summed E-state index contributed by atoms with van der Waals surface area (Å²) in [5.41, 5.74) is 6.01. The number of aromatic carboxylic acids is 1. The molecule has 0 amide bonds. The molecule has 30 heavy (non-hydrogen) atoms. The number of halogens is 3. The zero-order valence-corrected chi connectivity index (χ0v) is 15.1. The van der Waals surface area contributed by atoms with Gasteiger partial charge in [0.1, 0.15) is 11.3 Å². The third-order valence-electron chi connectivity index (χ3n) is 4.33. The third-order valence-corrected chi connectivity index (χ3v) is 4.33. The summed E-state index contributed by atoms with van der Waals surface area (Å²) in [6.07, 6.45) is -2.55. The molecule has 3 N–H and O–H groups in total. The number of hydrogen-bond acceptors (Lipinski definition) is 5. The molecule has 0 bridgehead atoms. The summed E-state index contributed by atoms with van der Waals surface area (Å²) in [4.78, 5) is 11.1. The van der Waals surface area contributed by atoms with Crippen LogP contribution in [-0.2, 0) is 6.18 Å². The Hall–Kier alpha value is -4.15. The van der Waals surface area contributed by atoms with Crippen molar-refractivity contribution in [1.82, 2.24) is 24.8 Å². The van der Waals surface area contributed by atoms with Crippen molar-refractivity contribution in [3.8, 4) is 22.6 Å². The second kappa shape index (κ2) is 7.03. The van der Waals surface area contributed by atoms with Crippen molar-refractivity contribution in [2.45, 2.75) is 6.18 Å². The molecule has 0 unspecified atom stereocenters. The number of benzene rings is 2. The smallest absolute Gasteiger partial charge is 0.434 e. The number of nitrogens with zero attached hydrogens (tertiary/aromatic N) is 5. The number of hydrogen-bond donors (Lipinski definition) is 2. The molecular formula is C19H13F3N6O2. The number of carboxylic acids is 1. The maximum atomic E-state index is 13.4. The molecule has 0 atom stereocenters. The Morgan fingerprint density at radius 2 is 1.63 bits per heavy atom. The molecule has 8 nitrogen and oxygen atoms in total. The summed E-state index contributed by atoms with van der Waals surface area (Å²) in [7, 11) is 0. The lowest BCUT2D eigenvalue weighted by Crippen LogP contribution is -2.17.